The molecule has 1 aromatic carbocycles. The topological polar surface area (TPSA) is 0 Å². The van der Waals surface area contributed by atoms with Crippen molar-refractivity contribution in [1.29, 1.82) is 0 Å². The van der Waals surface area contributed by atoms with Gasteiger partial charge in [0.15, 0.2) is 0 Å². The zero-order valence-electron chi connectivity index (χ0n) is 8.96. The summed E-state index contributed by atoms with van der Waals surface area (Å²) in [6, 6.07) is 10.7. The molecule has 0 bridgehead atoms. The number of quaternary nitrogens is 1. The zero-order valence-corrected chi connectivity index (χ0v) is 8.96. The summed E-state index contributed by atoms with van der Waals surface area (Å²) in [6.45, 7) is 8.06. The fourth-order valence-corrected chi connectivity index (χ4v) is 1.47. The molecule has 0 amide bonds. The van der Waals surface area contributed by atoms with E-state index in [1.807, 2.05) is 0 Å². The van der Waals surface area contributed by atoms with Crippen molar-refractivity contribution < 1.29 is 4.48 Å². The first kappa shape index (κ1) is 10.3. The summed E-state index contributed by atoms with van der Waals surface area (Å²) in [6.07, 6.45) is 0. The number of rotatable bonds is 4. The number of nitrogens with zero attached hydrogens (tertiary/aromatic N) is 1. The minimum atomic E-state index is 1.13. The van der Waals surface area contributed by atoms with E-state index < -0.39 is 0 Å². The Balaban J connectivity index is 2.68. The summed E-state index contributed by atoms with van der Waals surface area (Å²) in [5, 5.41) is 0. The molecule has 0 aliphatic heterocycles. The van der Waals surface area contributed by atoms with Crippen LogP contribution in [0.1, 0.15) is 19.4 Å². The van der Waals surface area contributed by atoms with Crippen molar-refractivity contribution in [2.45, 2.75) is 20.4 Å². The third-order valence-electron chi connectivity index (χ3n) is 2.93. The average molecular weight is 178 g/mol. The molecule has 13 heavy (non-hydrogen) atoms. The van der Waals surface area contributed by atoms with Crippen molar-refractivity contribution in [3.8, 4) is 0 Å². The Labute approximate surface area is 81.6 Å². The molecule has 1 aromatic rings. The molecule has 0 aliphatic rings. The number of benzene rings is 1. The minimum Gasteiger partial charge on any atom is -0.323 e. The molecule has 0 fully saturated rings. The second kappa shape index (κ2) is 4.43. The van der Waals surface area contributed by atoms with Gasteiger partial charge in [-0.2, -0.15) is 0 Å². The van der Waals surface area contributed by atoms with Crippen LogP contribution in [0.3, 0.4) is 0 Å². The Morgan fingerprint density at radius 1 is 1.00 bits per heavy atom. The van der Waals surface area contributed by atoms with E-state index in [-0.39, 0.29) is 0 Å². The summed E-state index contributed by atoms with van der Waals surface area (Å²) in [5.41, 5.74) is 1.44. The van der Waals surface area contributed by atoms with Crippen LogP contribution in [0, 0.1) is 0 Å². The van der Waals surface area contributed by atoms with Gasteiger partial charge in [-0.3, -0.25) is 0 Å². The fourth-order valence-electron chi connectivity index (χ4n) is 1.47. The predicted molar refractivity (Wildman–Crippen MR) is 57.4 cm³/mol. The van der Waals surface area contributed by atoms with Gasteiger partial charge in [-0.15, -0.1) is 0 Å². The van der Waals surface area contributed by atoms with E-state index in [4.69, 9.17) is 0 Å². The summed E-state index contributed by atoms with van der Waals surface area (Å²) in [4.78, 5) is 0. The maximum Gasteiger partial charge on any atom is 0.104 e. The van der Waals surface area contributed by atoms with Gasteiger partial charge in [-0.1, -0.05) is 30.3 Å². The van der Waals surface area contributed by atoms with Gasteiger partial charge in [0, 0.05) is 5.56 Å². The lowest BCUT2D eigenvalue weighted by atomic mass is 10.2. The summed E-state index contributed by atoms with van der Waals surface area (Å²) >= 11 is 0. The molecule has 1 heteroatoms. The van der Waals surface area contributed by atoms with Gasteiger partial charge in [-0.05, 0) is 13.8 Å². The summed E-state index contributed by atoms with van der Waals surface area (Å²) < 4.78 is 1.13. The van der Waals surface area contributed by atoms with E-state index in [1.165, 1.54) is 18.7 Å². The largest absolute Gasteiger partial charge is 0.323 e. The van der Waals surface area contributed by atoms with Gasteiger partial charge in [0.2, 0.25) is 0 Å². The lowest BCUT2D eigenvalue weighted by Crippen LogP contribution is -2.42. The van der Waals surface area contributed by atoms with Crippen molar-refractivity contribution >= 4 is 0 Å². The first-order valence-electron chi connectivity index (χ1n) is 5.07. The lowest BCUT2D eigenvalue weighted by molar-refractivity contribution is -0.919. The normalized spacial score (nSPS) is 11.6. The molecule has 0 heterocycles. The van der Waals surface area contributed by atoms with Crippen LogP contribution in [0.5, 0.6) is 0 Å². The molecule has 0 aromatic heterocycles. The quantitative estimate of drug-likeness (QED) is 0.622. The van der Waals surface area contributed by atoms with E-state index in [2.05, 4.69) is 51.2 Å². The zero-order chi connectivity index (χ0) is 9.73. The Kier molecular flexibility index (Phi) is 3.49. The molecule has 0 N–H and O–H groups in total. The van der Waals surface area contributed by atoms with Crippen LogP contribution in [0.4, 0.5) is 0 Å². The molecule has 1 nitrogen and oxygen atoms in total. The van der Waals surface area contributed by atoms with Crippen LogP contribution >= 0.6 is 0 Å². The molecule has 0 saturated heterocycles. The van der Waals surface area contributed by atoms with Gasteiger partial charge in [0.05, 0.1) is 20.1 Å². The monoisotopic (exact) mass is 178 g/mol. The first-order chi connectivity index (χ1) is 6.20. The van der Waals surface area contributed by atoms with Crippen LogP contribution in [0.25, 0.3) is 0 Å². The van der Waals surface area contributed by atoms with Crippen molar-refractivity contribution in [2.24, 2.45) is 0 Å². The SMILES string of the molecule is CC[N+](C)(CC)Cc1ccccc1. The average Bonchev–Trinajstić information content (AvgIpc) is 2.19. The highest BCUT2D eigenvalue weighted by Gasteiger charge is 2.16. The summed E-state index contributed by atoms with van der Waals surface area (Å²) in [5.74, 6) is 0. The molecular formula is C12H20N+. The highest BCUT2D eigenvalue weighted by Crippen LogP contribution is 2.10. The van der Waals surface area contributed by atoms with E-state index in [0.29, 0.717) is 0 Å². The molecule has 0 atom stereocenters. The maximum absolute atomic E-state index is 2.31. The van der Waals surface area contributed by atoms with E-state index >= 15 is 0 Å². The lowest BCUT2D eigenvalue weighted by Gasteiger charge is -2.32. The van der Waals surface area contributed by atoms with Crippen LogP contribution in [0.15, 0.2) is 30.3 Å². The van der Waals surface area contributed by atoms with Crippen molar-refractivity contribution in [2.75, 3.05) is 20.1 Å². The van der Waals surface area contributed by atoms with Crippen molar-refractivity contribution in [3.05, 3.63) is 35.9 Å². The Morgan fingerprint density at radius 3 is 2.00 bits per heavy atom. The molecule has 0 radical (unpaired) electrons. The van der Waals surface area contributed by atoms with Crippen molar-refractivity contribution in [1.82, 2.24) is 0 Å². The van der Waals surface area contributed by atoms with Gasteiger partial charge >= 0.3 is 0 Å². The standard InChI is InChI=1S/C12H20N/c1-4-13(3,5-2)11-12-9-7-6-8-10-12/h6-10H,4-5,11H2,1-3H3/q+1. The Hall–Kier alpha value is -0.820. The second-order valence-corrected chi connectivity index (χ2v) is 3.90. The van der Waals surface area contributed by atoms with Gasteiger partial charge < -0.3 is 4.48 Å². The van der Waals surface area contributed by atoms with E-state index in [1.54, 1.807) is 0 Å². The molecule has 0 saturated carbocycles. The van der Waals surface area contributed by atoms with Crippen LogP contribution < -0.4 is 0 Å². The summed E-state index contributed by atoms with van der Waals surface area (Å²) in [7, 11) is 2.31. The Bertz CT molecular complexity index is 237. The Morgan fingerprint density at radius 2 is 1.54 bits per heavy atom. The predicted octanol–water partition coefficient (Wildman–Crippen LogP) is 2.67. The van der Waals surface area contributed by atoms with Gasteiger partial charge in [0.25, 0.3) is 0 Å². The molecule has 0 unspecified atom stereocenters. The second-order valence-electron chi connectivity index (χ2n) is 3.90. The van der Waals surface area contributed by atoms with Crippen LogP contribution in [-0.2, 0) is 6.54 Å². The first-order valence-corrected chi connectivity index (χ1v) is 5.07. The molecule has 0 aliphatic carbocycles. The number of hydrogen-bond donors (Lipinski definition) is 0. The van der Waals surface area contributed by atoms with Crippen molar-refractivity contribution in [3.63, 3.8) is 0 Å². The minimum absolute atomic E-state index is 1.13. The third kappa shape index (κ3) is 2.85. The van der Waals surface area contributed by atoms with E-state index in [0.717, 1.165) is 11.0 Å². The number of hydrogen-bond acceptors (Lipinski definition) is 0. The third-order valence-corrected chi connectivity index (χ3v) is 2.93. The van der Waals surface area contributed by atoms with Gasteiger partial charge in [0.1, 0.15) is 6.54 Å². The van der Waals surface area contributed by atoms with Crippen LogP contribution in [0.2, 0.25) is 0 Å². The molecule has 1 rings (SSSR count). The fraction of sp³-hybridized carbons (Fsp3) is 0.500. The molecular weight excluding hydrogens is 158 g/mol. The molecule has 72 valence electrons. The highest BCUT2D eigenvalue weighted by atomic mass is 15.3. The van der Waals surface area contributed by atoms with Crippen LogP contribution in [-0.4, -0.2) is 24.6 Å². The highest BCUT2D eigenvalue weighted by molar-refractivity contribution is 5.13. The molecule has 0 spiro atoms. The maximum atomic E-state index is 2.31. The van der Waals surface area contributed by atoms with E-state index in [9.17, 15) is 0 Å². The smallest absolute Gasteiger partial charge is 0.104 e. The van der Waals surface area contributed by atoms with Gasteiger partial charge in [-0.25, -0.2) is 0 Å².